The Morgan fingerprint density at radius 2 is 1.73 bits per heavy atom. The number of nitrogens with zero attached hydrogens (tertiary/aromatic N) is 1. The lowest BCUT2D eigenvalue weighted by molar-refractivity contribution is -0.253. The molecule has 0 aliphatic heterocycles. The molecule has 2 aromatic carbocycles. The van der Waals surface area contributed by atoms with Crippen LogP contribution in [0.25, 0.3) is 0 Å². The lowest BCUT2D eigenvalue weighted by Crippen LogP contribution is -2.57. The van der Waals surface area contributed by atoms with E-state index in [-0.39, 0.29) is 29.1 Å². The van der Waals surface area contributed by atoms with Crippen LogP contribution in [0.1, 0.15) is 37.1 Å². The number of aromatic nitrogens is 1. The fourth-order valence-electron chi connectivity index (χ4n) is 4.13. The van der Waals surface area contributed by atoms with Crippen molar-refractivity contribution in [1.82, 2.24) is 15.6 Å². The minimum Gasteiger partial charge on any atom is -0.428 e. The third-order valence-corrected chi connectivity index (χ3v) is 5.97. The number of pyridine rings is 1. The Balaban J connectivity index is 2.23. The molecule has 1 atom stereocenters. The molecule has 0 unspecified atom stereocenters. The monoisotopic (exact) mass is 584 g/mol. The molecule has 4 N–H and O–H groups in total. The van der Waals surface area contributed by atoms with Crippen molar-refractivity contribution < 1.29 is 36.3 Å². The van der Waals surface area contributed by atoms with E-state index in [1.165, 1.54) is 32.2 Å². The van der Waals surface area contributed by atoms with E-state index in [2.05, 4.69) is 20.4 Å². The number of alkyl halides is 4. The molecule has 0 aliphatic rings. The zero-order valence-electron chi connectivity index (χ0n) is 21.4. The number of urea groups is 1. The summed E-state index contributed by atoms with van der Waals surface area (Å²) in [6, 6.07) is 12.9. The SMILES string of the molecule is CC(C)(CC(N)=O)NC(=O)N[C@@](Cc1ccccc1)(c1cc(F)cc(OC(F)(F)C(F)F)c1)c1ccc(Cl)cn1. The maximum atomic E-state index is 14.9. The summed E-state index contributed by atoms with van der Waals surface area (Å²) in [5.41, 5.74) is 2.90. The Labute approximate surface area is 231 Å². The van der Waals surface area contributed by atoms with E-state index in [1.54, 1.807) is 30.3 Å². The van der Waals surface area contributed by atoms with E-state index in [0.29, 0.717) is 11.6 Å². The maximum Gasteiger partial charge on any atom is 0.461 e. The number of carbonyl (C=O) groups excluding carboxylic acids is 2. The van der Waals surface area contributed by atoms with Crippen LogP contribution in [0.5, 0.6) is 5.75 Å². The van der Waals surface area contributed by atoms with Crippen LogP contribution in [0.2, 0.25) is 5.02 Å². The Morgan fingerprint density at radius 3 is 2.30 bits per heavy atom. The van der Waals surface area contributed by atoms with Crippen molar-refractivity contribution in [3.63, 3.8) is 0 Å². The van der Waals surface area contributed by atoms with Crippen LogP contribution in [0, 0.1) is 5.82 Å². The highest BCUT2D eigenvalue weighted by molar-refractivity contribution is 6.30. The fraction of sp³-hybridized carbons (Fsp3) is 0.296. The fourth-order valence-corrected chi connectivity index (χ4v) is 4.24. The molecule has 40 heavy (non-hydrogen) atoms. The van der Waals surface area contributed by atoms with Gasteiger partial charge in [-0.05, 0) is 49.2 Å². The molecule has 0 saturated heterocycles. The number of halogens is 6. The summed E-state index contributed by atoms with van der Waals surface area (Å²) in [6.45, 7) is 3.08. The minimum atomic E-state index is -4.92. The van der Waals surface area contributed by atoms with Crippen molar-refractivity contribution in [2.75, 3.05) is 0 Å². The highest BCUT2D eigenvalue weighted by Gasteiger charge is 2.45. The first kappa shape index (κ1) is 30.6. The summed E-state index contributed by atoms with van der Waals surface area (Å²) in [7, 11) is 0. The summed E-state index contributed by atoms with van der Waals surface area (Å²) < 4.78 is 72.3. The molecule has 0 radical (unpaired) electrons. The molecule has 3 rings (SSSR count). The van der Waals surface area contributed by atoms with Gasteiger partial charge < -0.3 is 21.1 Å². The van der Waals surface area contributed by atoms with Crippen LogP contribution < -0.4 is 21.1 Å². The van der Waals surface area contributed by atoms with E-state index >= 15 is 0 Å². The van der Waals surface area contributed by atoms with Gasteiger partial charge in [-0.3, -0.25) is 9.78 Å². The predicted molar refractivity (Wildman–Crippen MR) is 138 cm³/mol. The normalized spacial score (nSPS) is 13.4. The number of rotatable bonds is 11. The number of ether oxygens (including phenoxy) is 1. The number of hydrogen-bond acceptors (Lipinski definition) is 4. The predicted octanol–water partition coefficient (Wildman–Crippen LogP) is 5.55. The number of hydrogen-bond donors (Lipinski definition) is 3. The Hall–Kier alpha value is -3.93. The second kappa shape index (κ2) is 12.1. The summed E-state index contributed by atoms with van der Waals surface area (Å²) in [5, 5.41) is 5.57. The van der Waals surface area contributed by atoms with Crippen LogP contribution in [0.15, 0.2) is 66.9 Å². The number of benzene rings is 2. The second-order valence-corrected chi connectivity index (χ2v) is 10.1. The number of primary amides is 1. The standard InChI is InChI=1S/C27H26ClF5N4O3/c1-25(2,14-22(34)38)36-24(39)37-26(13-16-6-4-3-5-7-16,21-9-8-18(28)15-35-21)17-10-19(29)12-20(11-17)40-27(32,33)23(30)31/h3-12,15,23H,13-14H2,1-2H3,(H2,34,38)(H2,36,37,39)/t26-/m0/s1. The molecule has 3 aromatic rings. The molecule has 13 heteroatoms. The van der Waals surface area contributed by atoms with E-state index in [9.17, 15) is 31.5 Å². The average molecular weight is 585 g/mol. The van der Waals surface area contributed by atoms with Gasteiger partial charge in [-0.15, -0.1) is 0 Å². The third kappa shape index (κ3) is 7.81. The quantitative estimate of drug-likeness (QED) is 0.257. The highest BCUT2D eigenvalue weighted by atomic mass is 35.5. The molecule has 0 spiro atoms. The number of nitrogens with one attached hydrogen (secondary N) is 2. The van der Waals surface area contributed by atoms with Gasteiger partial charge in [0.1, 0.15) is 17.1 Å². The lowest BCUT2D eigenvalue weighted by Gasteiger charge is -2.37. The zero-order valence-corrected chi connectivity index (χ0v) is 22.1. The van der Waals surface area contributed by atoms with E-state index in [0.717, 1.165) is 12.1 Å². The van der Waals surface area contributed by atoms with E-state index in [4.69, 9.17) is 17.3 Å². The third-order valence-electron chi connectivity index (χ3n) is 5.74. The number of amides is 3. The Morgan fingerprint density at radius 1 is 1.05 bits per heavy atom. The van der Waals surface area contributed by atoms with Crippen LogP contribution in [-0.4, -0.2) is 35.0 Å². The molecule has 7 nitrogen and oxygen atoms in total. The molecule has 0 fully saturated rings. The van der Waals surface area contributed by atoms with Gasteiger partial charge in [-0.2, -0.15) is 17.6 Å². The van der Waals surface area contributed by atoms with Crippen molar-refractivity contribution in [1.29, 1.82) is 0 Å². The van der Waals surface area contributed by atoms with Gasteiger partial charge in [0.05, 0.1) is 10.7 Å². The first-order valence-electron chi connectivity index (χ1n) is 11.8. The van der Waals surface area contributed by atoms with E-state index in [1.807, 2.05) is 0 Å². The van der Waals surface area contributed by atoms with Gasteiger partial charge in [0.2, 0.25) is 5.91 Å². The second-order valence-electron chi connectivity index (χ2n) is 9.68. The van der Waals surface area contributed by atoms with E-state index < -0.39 is 47.1 Å². The van der Waals surface area contributed by atoms with Gasteiger partial charge in [0, 0.05) is 30.6 Å². The van der Waals surface area contributed by atoms with Gasteiger partial charge in [0.15, 0.2) is 0 Å². The molecule has 1 aromatic heterocycles. The van der Waals surface area contributed by atoms with Crippen molar-refractivity contribution in [3.05, 3.63) is 94.5 Å². The zero-order chi connectivity index (χ0) is 29.7. The van der Waals surface area contributed by atoms with Crippen molar-refractivity contribution in [3.8, 4) is 5.75 Å². The summed E-state index contributed by atoms with van der Waals surface area (Å²) >= 11 is 6.02. The Bertz CT molecular complexity index is 1340. The summed E-state index contributed by atoms with van der Waals surface area (Å²) in [6.07, 6.45) is -8.20. The number of carbonyl (C=O) groups is 2. The molecule has 3 amide bonds. The molecule has 0 bridgehead atoms. The first-order chi connectivity index (χ1) is 18.6. The Kier molecular flexibility index (Phi) is 9.24. The largest absolute Gasteiger partial charge is 0.461 e. The van der Waals surface area contributed by atoms with Gasteiger partial charge in [-0.1, -0.05) is 41.9 Å². The maximum absolute atomic E-state index is 14.9. The van der Waals surface area contributed by atoms with Crippen LogP contribution in [-0.2, 0) is 16.8 Å². The topological polar surface area (TPSA) is 106 Å². The van der Waals surface area contributed by atoms with Crippen molar-refractivity contribution >= 4 is 23.5 Å². The molecular weight excluding hydrogens is 559 g/mol. The summed E-state index contributed by atoms with van der Waals surface area (Å²) in [5.74, 6) is -2.71. The minimum absolute atomic E-state index is 0.0979. The van der Waals surface area contributed by atoms with Crippen LogP contribution >= 0.6 is 11.6 Å². The molecular formula is C27H26ClF5N4O3. The van der Waals surface area contributed by atoms with Crippen LogP contribution in [0.3, 0.4) is 0 Å². The smallest absolute Gasteiger partial charge is 0.428 e. The van der Waals surface area contributed by atoms with Gasteiger partial charge in [0.25, 0.3) is 0 Å². The highest BCUT2D eigenvalue weighted by Crippen LogP contribution is 2.37. The van der Waals surface area contributed by atoms with Crippen molar-refractivity contribution in [2.24, 2.45) is 5.73 Å². The van der Waals surface area contributed by atoms with Gasteiger partial charge in [-0.25, -0.2) is 9.18 Å². The summed E-state index contributed by atoms with van der Waals surface area (Å²) in [4.78, 5) is 29.2. The molecule has 214 valence electrons. The molecule has 1 heterocycles. The average Bonchev–Trinajstić information content (AvgIpc) is 2.82. The van der Waals surface area contributed by atoms with Gasteiger partial charge >= 0.3 is 18.6 Å². The number of nitrogens with two attached hydrogens (primary N) is 1. The van der Waals surface area contributed by atoms with Crippen molar-refractivity contribution in [2.45, 2.75) is 50.3 Å². The molecule has 0 saturated carbocycles. The lowest BCUT2D eigenvalue weighted by atomic mass is 9.80. The molecule has 0 aliphatic carbocycles. The first-order valence-corrected chi connectivity index (χ1v) is 12.2. The van der Waals surface area contributed by atoms with Crippen LogP contribution in [0.4, 0.5) is 26.7 Å².